The largest absolute Gasteiger partial charge is 0.496 e. The molecule has 0 spiro atoms. The van der Waals surface area contributed by atoms with Gasteiger partial charge in [0.15, 0.2) is 5.69 Å². The molecule has 660 valence electrons. The summed E-state index contributed by atoms with van der Waals surface area (Å²) < 4.78 is 19.5. The molecule has 43 nitrogen and oxygen atoms in total. The summed E-state index contributed by atoms with van der Waals surface area (Å²) in [5, 5.41) is 76.1. The summed E-state index contributed by atoms with van der Waals surface area (Å²) in [6.45, 7) is 3.48. The third kappa shape index (κ3) is 29.3. The van der Waals surface area contributed by atoms with E-state index in [1.807, 2.05) is 19.9 Å². The number of aliphatic hydroxyl groups excluding tert-OH is 2. The number of morpholine rings is 1. The van der Waals surface area contributed by atoms with E-state index in [1.165, 1.54) is 30.8 Å². The highest BCUT2D eigenvalue weighted by Gasteiger charge is 2.41. The molecule has 0 bridgehead atoms. The molecule has 13 amide bonds. The number of aromatic nitrogens is 2. The van der Waals surface area contributed by atoms with Gasteiger partial charge in [0.2, 0.25) is 70.9 Å². The topological polar surface area (TPSA) is 622 Å². The zero-order valence-corrected chi connectivity index (χ0v) is 68.7. The van der Waals surface area contributed by atoms with Crippen LogP contribution in [0.5, 0.6) is 11.5 Å². The van der Waals surface area contributed by atoms with Crippen molar-refractivity contribution < 1.29 is 116 Å². The van der Waals surface area contributed by atoms with Crippen LogP contribution in [-0.2, 0) is 83.3 Å². The number of hydrogen-bond donors (Lipinski definition) is 17. The summed E-state index contributed by atoms with van der Waals surface area (Å²) in [5.41, 5.74) is 19.1. The van der Waals surface area contributed by atoms with E-state index in [0.29, 0.717) is 80.6 Å². The lowest BCUT2D eigenvalue weighted by Crippen LogP contribution is -2.61. The summed E-state index contributed by atoms with van der Waals surface area (Å²) in [4.78, 5) is 217. The fraction of sp³-hybridized carbons (Fsp3) is 0.513. The molecule has 1 aromatic heterocycles. The van der Waals surface area contributed by atoms with Gasteiger partial charge in [-0.1, -0.05) is 35.3 Å². The van der Waals surface area contributed by atoms with Crippen LogP contribution in [0.25, 0.3) is 28.1 Å². The first-order valence-electron chi connectivity index (χ1n) is 38.5. The molecule has 0 radical (unpaired) electrons. The Morgan fingerprint density at radius 1 is 0.562 bits per heavy atom. The number of nitrogens with one attached hydrogen (secondary N) is 9. The second-order valence-corrected chi connectivity index (χ2v) is 30.4. The maximum atomic E-state index is 14.5. The summed E-state index contributed by atoms with van der Waals surface area (Å²) >= 11 is 13.1. The molecule has 7 rings (SSSR count). The number of aliphatic hydroxyl groups is 2. The van der Waals surface area contributed by atoms with Gasteiger partial charge >= 0.3 is 17.9 Å². The normalized spacial score (nSPS) is 16.3. The SMILES string of the molecule is COc1cc2c(cc1-c1cccc(NC(=O)CCC(=O)NCCCC[C@@H](NC(=O)[C@@H](CO)NC(=O)[C@@H](CC(N)=O)NC(=O)[C@@H](C)NC(=O)CN3CCN(CC(=O)O)CCN(CC(=O)O)CCN(CC(=O)O)CC3)C(=O)N[C@H](CC(N)=O)C(=O)N[C@H](CO)C(=O)N[C@H](C)C(N)=O)c1)-c1c(c(C(=O)N3CCOCC3(C)C)nn1-c1cc(Cl)cc(Cl)c1)CO2. The number of unbranched alkanes of at least 4 members (excludes halogenated alkanes) is 1. The summed E-state index contributed by atoms with van der Waals surface area (Å²) in [6.07, 6.45) is -2.95. The van der Waals surface area contributed by atoms with Gasteiger partial charge in [0.05, 0.1) is 89.5 Å². The molecule has 3 aliphatic rings. The maximum Gasteiger partial charge on any atom is 0.317 e. The van der Waals surface area contributed by atoms with E-state index in [0.717, 1.165) is 0 Å². The first kappa shape index (κ1) is 96.4. The molecule has 3 aliphatic heterocycles. The number of rotatable bonds is 41. The zero-order valence-electron chi connectivity index (χ0n) is 67.2. The number of primary amides is 3. The smallest absolute Gasteiger partial charge is 0.317 e. The van der Waals surface area contributed by atoms with Crippen LogP contribution in [0.3, 0.4) is 0 Å². The van der Waals surface area contributed by atoms with Crippen LogP contribution < -0.4 is 74.5 Å². The van der Waals surface area contributed by atoms with E-state index >= 15 is 0 Å². The fourth-order valence-corrected chi connectivity index (χ4v) is 13.8. The number of hydrogen-bond acceptors (Lipinski definition) is 26. The number of amides is 13. The van der Waals surface area contributed by atoms with Crippen molar-refractivity contribution >= 4 is 124 Å². The molecule has 0 unspecified atom stereocenters. The average Bonchev–Trinajstić information content (AvgIpc) is 1.60. The van der Waals surface area contributed by atoms with Crippen LogP contribution in [0, 0.1) is 0 Å². The lowest BCUT2D eigenvalue weighted by Gasteiger charge is -2.41. The molecule has 45 heteroatoms. The molecular weight excluding hydrogens is 1630 g/mol. The van der Waals surface area contributed by atoms with Gasteiger partial charge in [-0.2, -0.15) is 5.10 Å². The van der Waals surface area contributed by atoms with Crippen molar-refractivity contribution in [3.8, 4) is 39.6 Å². The van der Waals surface area contributed by atoms with E-state index in [-0.39, 0.29) is 109 Å². The highest BCUT2D eigenvalue weighted by molar-refractivity contribution is 6.35. The average molecular weight is 1740 g/mol. The minimum atomic E-state index is -2.02. The first-order chi connectivity index (χ1) is 57.3. The summed E-state index contributed by atoms with van der Waals surface area (Å²) in [5.74, 6) is -15.7. The second kappa shape index (κ2) is 45.6. The zero-order chi connectivity index (χ0) is 89.1. The minimum Gasteiger partial charge on any atom is -0.496 e. The highest BCUT2D eigenvalue weighted by Crippen LogP contribution is 2.47. The highest BCUT2D eigenvalue weighted by atomic mass is 35.5. The van der Waals surface area contributed by atoms with Gasteiger partial charge in [0, 0.05) is 117 Å². The summed E-state index contributed by atoms with van der Waals surface area (Å²) in [6, 6.07) is 2.92. The van der Waals surface area contributed by atoms with Crippen molar-refractivity contribution in [3.63, 3.8) is 0 Å². The van der Waals surface area contributed by atoms with Crippen molar-refractivity contribution in [2.75, 3.05) is 130 Å². The predicted octanol–water partition coefficient (Wildman–Crippen LogP) is -4.20. The number of fused-ring (bicyclic) bond motifs is 3. The van der Waals surface area contributed by atoms with Gasteiger partial charge in [0.1, 0.15) is 60.4 Å². The fourth-order valence-electron chi connectivity index (χ4n) is 13.3. The van der Waals surface area contributed by atoms with E-state index in [2.05, 4.69) is 47.9 Å². The molecule has 0 saturated carbocycles. The van der Waals surface area contributed by atoms with E-state index in [9.17, 15) is 102 Å². The standard InChI is InChI=1S/C76H103Cl2N19O24/c1-41(68(81)111)84-73(116)54(37-98)89-72(115)53(31-59(80)101)88-70(113)51(86-74(117)55(38-99)90-71(114)52(30-58(79)100)87-69(112)42(2)83-62(104)33-92-15-17-93(34-63(105)106)19-21-95(36-65(109)110)22-20-94(18-16-92)35-64(107)108)11-6-7-14-82-60(102)12-13-61(103)85-46-10-8-9-43(25-46)48-29-49-57(32-56(48)119-5)121-39-50-66(75(118)96-23-24-120-40-76(96,3)4)91-97(67(49)50)47-27-44(77)26-45(78)28-47/h8-10,25-29,32,41-42,51-55,98-99H,6-7,11-24,30-31,33-40H2,1-5H3,(H2,79,100)(H2,80,101)(H2,81,111)(H,82,102)(H,83,104)(H,84,116)(H,85,103)(H,86,117)(H,87,112)(H,88,113)(H,89,115)(H,90,114)(H,105,106)(H,107,108)(H,109,110)/t41-,42-,51-,52-,53-,54-,55-/m1/s1. The van der Waals surface area contributed by atoms with Crippen LogP contribution in [0.15, 0.2) is 54.6 Å². The van der Waals surface area contributed by atoms with Crippen LogP contribution in [0.1, 0.15) is 88.7 Å². The van der Waals surface area contributed by atoms with Crippen molar-refractivity contribution in [1.29, 1.82) is 0 Å². The molecule has 2 saturated heterocycles. The Morgan fingerprint density at radius 3 is 1.57 bits per heavy atom. The quantitative estimate of drug-likeness (QED) is 0.0187. The van der Waals surface area contributed by atoms with Crippen LogP contribution in [0.2, 0.25) is 10.0 Å². The van der Waals surface area contributed by atoms with Crippen molar-refractivity contribution in [2.45, 2.75) is 127 Å². The van der Waals surface area contributed by atoms with Gasteiger partial charge in [-0.05, 0) is 88.9 Å². The molecule has 20 N–H and O–H groups in total. The number of methoxy groups -OCH3 is 1. The number of halogens is 2. The number of carboxylic acids is 3. The maximum absolute atomic E-state index is 14.5. The van der Waals surface area contributed by atoms with Gasteiger partial charge in [-0.3, -0.25) is 96.3 Å². The number of carbonyl (C=O) groups excluding carboxylic acids is 13. The molecule has 3 aromatic carbocycles. The van der Waals surface area contributed by atoms with Crippen molar-refractivity contribution in [2.24, 2.45) is 17.2 Å². The van der Waals surface area contributed by atoms with Crippen LogP contribution >= 0.6 is 23.2 Å². The number of benzene rings is 3. The first-order valence-corrected chi connectivity index (χ1v) is 39.3. The number of aliphatic carboxylic acids is 3. The van der Waals surface area contributed by atoms with Crippen LogP contribution in [-0.4, -0.2) is 328 Å². The second-order valence-electron chi connectivity index (χ2n) is 29.6. The Morgan fingerprint density at radius 2 is 1.06 bits per heavy atom. The van der Waals surface area contributed by atoms with E-state index in [1.54, 1.807) is 67.9 Å². The monoisotopic (exact) mass is 1740 g/mol. The molecular formula is C76H103Cl2N19O24. The Bertz CT molecular complexity index is 4440. The minimum absolute atomic E-state index is 0.0293. The van der Waals surface area contributed by atoms with Gasteiger partial charge < -0.3 is 110 Å². The lowest BCUT2D eigenvalue weighted by atomic mass is 9.95. The van der Waals surface area contributed by atoms with Gasteiger partial charge in [0.25, 0.3) is 5.91 Å². The summed E-state index contributed by atoms with van der Waals surface area (Å²) in [7, 11) is 1.47. The number of nitrogens with zero attached hydrogens (tertiary/aromatic N) is 7. The number of carboxylic acid groups (broad SMARTS) is 3. The third-order valence-corrected chi connectivity index (χ3v) is 20.1. The molecule has 121 heavy (non-hydrogen) atoms. The number of nitrogens with two attached hydrogens (primary N) is 3. The number of anilines is 1. The van der Waals surface area contributed by atoms with E-state index in [4.69, 9.17) is 59.7 Å². The third-order valence-electron chi connectivity index (χ3n) is 19.6. The Labute approximate surface area is 704 Å². The van der Waals surface area contributed by atoms with Gasteiger partial charge in [-0.25, -0.2) is 4.68 Å². The number of carbonyl (C=O) groups is 16. The Hall–Kier alpha value is -11.7. The lowest BCUT2D eigenvalue weighted by molar-refractivity contribution is -0.140. The van der Waals surface area contributed by atoms with Gasteiger partial charge in [-0.15, -0.1) is 0 Å². The van der Waals surface area contributed by atoms with E-state index < -0.39 is 189 Å². The molecule has 2 fully saturated rings. The van der Waals surface area contributed by atoms with Crippen molar-refractivity contribution in [1.82, 2.24) is 76.8 Å². The Kier molecular flexibility index (Phi) is 36.4. The van der Waals surface area contributed by atoms with Crippen molar-refractivity contribution in [3.05, 3.63) is 75.9 Å². The van der Waals surface area contributed by atoms with Crippen LogP contribution in [0.4, 0.5) is 5.69 Å². The molecule has 0 aliphatic carbocycles. The predicted molar refractivity (Wildman–Crippen MR) is 431 cm³/mol. The molecule has 7 atom stereocenters. The Balaban J connectivity index is 1.01. The number of ether oxygens (including phenoxy) is 3. The molecule has 4 aromatic rings. The molecule has 4 heterocycles.